The van der Waals surface area contributed by atoms with Gasteiger partial charge in [-0.05, 0) is 42.8 Å². The van der Waals surface area contributed by atoms with Crippen molar-refractivity contribution in [2.75, 3.05) is 25.6 Å². The van der Waals surface area contributed by atoms with Gasteiger partial charge >= 0.3 is 5.97 Å². The van der Waals surface area contributed by atoms with E-state index >= 15 is 0 Å². The summed E-state index contributed by atoms with van der Waals surface area (Å²) in [5.74, 6) is 0.0989. The van der Waals surface area contributed by atoms with E-state index in [9.17, 15) is 4.79 Å². The molecule has 1 heterocycles. The third-order valence-electron chi connectivity index (χ3n) is 4.84. The second-order valence-corrected chi connectivity index (χ2v) is 7.25. The fourth-order valence-corrected chi connectivity index (χ4v) is 3.25. The van der Waals surface area contributed by atoms with Crippen LogP contribution in [-0.4, -0.2) is 31.8 Å². The lowest BCUT2D eigenvalue weighted by atomic mass is 9.95. The molecule has 2 rings (SSSR count). The van der Waals surface area contributed by atoms with E-state index in [1.165, 1.54) is 0 Å². The summed E-state index contributed by atoms with van der Waals surface area (Å²) in [4.78, 5) is 14.8. The number of esters is 1. The number of nitrogens with zero attached hydrogens (tertiary/aromatic N) is 1. The Morgan fingerprint density at radius 1 is 1.23 bits per heavy atom. The minimum absolute atomic E-state index is 0.293. The summed E-state index contributed by atoms with van der Waals surface area (Å²) in [5, 5.41) is 6.77. The monoisotopic (exact) mass is 375 g/mol. The van der Waals surface area contributed by atoms with Crippen LogP contribution in [0.1, 0.15) is 45.2 Å². The molecule has 1 aliphatic heterocycles. The maximum Gasteiger partial charge on any atom is 0.338 e. The van der Waals surface area contributed by atoms with E-state index in [0.29, 0.717) is 23.2 Å². The first-order valence-corrected chi connectivity index (χ1v) is 9.50. The van der Waals surface area contributed by atoms with Gasteiger partial charge in [0.1, 0.15) is 0 Å². The van der Waals surface area contributed by atoms with Crippen LogP contribution >= 0.6 is 12.2 Å². The second kappa shape index (κ2) is 9.03. The second-order valence-electron chi connectivity index (χ2n) is 6.84. The van der Waals surface area contributed by atoms with Crippen molar-refractivity contribution in [2.24, 2.45) is 5.92 Å². The lowest BCUT2D eigenvalue weighted by molar-refractivity contribution is -0.141. The summed E-state index contributed by atoms with van der Waals surface area (Å²) in [5.41, 5.74) is 3.41. The van der Waals surface area contributed by atoms with Crippen LogP contribution in [0.3, 0.4) is 0 Å². The largest absolute Gasteiger partial charge is 0.462 e. The van der Waals surface area contributed by atoms with Gasteiger partial charge in [-0.2, -0.15) is 0 Å². The number of hydrogen-bond acceptors (Lipinski definition) is 4. The van der Waals surface area contributed by atoms with E-state index in [4.69, 9.17) is 17.0 Å². The highest BCUT2D eigenvalue weighted by molar-refractivity contribution is 7.80. The van der Waals surface area contributed by atoms with Crippen molar-refractivity contribution in [3.8, 4) is 0 Å². The Bertz CT molecular complexity index is 679. The molecule has 1 atom stereocenters. The molecule has 0 saturated carbocycles. The van der Waals surface area contributed by atoms with E-state index in [2.05, 4.69) is 24.5 Å². The van der Waals surface area contributed by atoms with Crippen LogP contribution in [-0.2, 0) is 9.53 Å². The summed E-state index contributed by atoms with van der Waals surface area (Å²) >= 11 is 5.29. The highest BCUT2D eigenvalue weighted by Gasteiger charge is 2.31. The molecule has 0 fully saturated rings. The normalized spacial score (nSPS) is 17.0. The number of nitrogens with one attached hydrogen (secondary N) is 2. The number of ether oxygens (including phenoxy) is 1. The number of anilines is 1. The summed E-state index contributed by atoms with van der Waals surface area (Å²) < 4.78 is 5.62. The van der Waals surface area contributed by atoms with Gasteiger partial charge in [0.05, 0.1) is 18.2 Å². The number of hydrogen-bond donors (Lipinski definition) is 2. The summed E-state index contributed by atoms with van der Waals surface area (Å²) in [6.45, 7) is 6.54. The number of carbonyl (C=O) groups is 1. The average molecular weight is 376 g/mol. The molecule has 0 saturated heterocycles. The van der Waals surface area contributed by atoms with Gasteiger partial charge in [0.2, 0.25) is 0 Å². The standard InChI is InChI=1S/C20H29N3O2S/c1-6-14(7-2)12-25-19(24)17-13(3)21-20(26)22-18(17)15-8-10-16(11-9-15)23(4)5/h8-11,14,18H,6-7,12H2,1-5H3,(H2,21,22,26)/t18-/m1/s1. The van der Waals surface area contributed by atoms with Crippen molar-refractivity contribution in [3.05, 3.63) is 41.1 Å². The quantitative estimate of drug-likeness (QED) is 0.562. The molecule has 0 amide bonds. The predicted molar refractivity (Wildman–Crippen MR) is 110 cm³/mol. The Morgan fingerprint density at radius 2 is 1.85 bits per heavy atom. The molecule has 1 aromatic carbocycles. The maximum absolute atomic E-state index is 12.8. The number of rotatable bonds is 7. The van der Waals surface area contributed by atoms with Gasteiger partial charge in [-0.3, -0.25) is 0 Å². The molecule has 2 N–H and O–H groups in total. The molecule has 1 aliphatic rings. The fraction of sp³-hybridized carbons (Fsp3) is 0.500. The van der Waals surface area contributed by atoms with Crippen molar-refractivity contribution >= 4 is 29.0 Å². The highest BCUT2D eigenvalue weighted by Crippen LogP contribution is 2.29. The first-order chi connectivity index (χ1) is 12.4. The smallest absolute Gasteiger partial charge is 0.338 e. The van der Waals surface area contributed by atoms with Gasteiger partial charge in [0, 0.05) is 25.5 Å². The molecule has 1 aromatic rings. The van der Waals surface area contributed by atoms with Crippen molar-refractivity contribution in [2.45, 2.75) is 39.7 Å². The highest BCUT2D eigenvalue weighted by atomic mass is 32.1. The summed E-state index contributed by atoms with van der Waals surface area (Å²) in [6, 6.07) is 7.79. The number of carbonyl (C=O) groups excluding carboxylic acids is 1. The molecule has 0 radical (unpaired) electrons. The first-order valence-electron chi connectivity index (χ1n) is 9.10. The van der Waals surface area contributed by atoms with Gasteiger partial charge in [-0.15, -0.1) is 0 Å². The van der Waals surface area contributed by atoms with Gasteiger partial charge in [-0.25, -0.2) is 4.79 Å². The third-order valence-corrected chi connectivity index (χ3v) is 5.06. The minimum atomic E-state index is -0.311. The van der Waals surface area contributed by atoms with E-state index in [1.807, 2.05) is 50.2 Å². The average Bonchev–Trinajstić information content (AvgIpc) is 2.61. The SMILES string of the molecule is CCC(CC)COC(=O)C1=C(C)NC(=S)N[C@@H]1c1ccc(N(C)C)cc1. The van der Waals surface area contributed by atoms with Crippen molar-refractivity contribution in [1.29, 1.82) is 0 Å². The third kappa shape index (κ3) is 4.75. The van der Waals surface area contributed by atoms with Crippen molar-refractivity contribution in [3.63, 3.8) is 0 Å². The van der Waals surface area contributed by atoms with E-state index in [0.717, 1.165) is 29.8 Å². The van der Waals surface area contributed by atoms with Crippen LogP contribution in [0.25, 0.3) is 0 Å². The van der Waals surface area contributed by atoms with Crippen molar-refractivity contribution < 1.29 is 9.53 Å². The summed E-state index contributed by atoms with van der Waals surface area (Å²) in [6.07, 6.45) is 2.00. The minimum Gasteiger partial charge on any atom is -0.462 e. The summed E-state index contributed by atoms with van der Waals surface area (Å²) in [7, 11) is 4.00. The van der Waals surface area contributed by atoms with Crippen molar-refractivity contribution in [1.82, 2.24) is 10.6 Å². The van der Waals surface area contributed by atoms with Gasteiger partial charge in [-0.1, -0.05) is 38.8 Å². The zero-order chi connectivity index (χ0) is 19.3. The Kier molecular flexibility index (Phi) is 7.03. The Balaban J connectivity index is 2.26. The van der Waals surface area contributed by atoms with Crippen LogP contribution < -0.4 is 15.5 Å². The van der Waals surface area contributed by atoms with Crippen LogP contribution in [0, 0.1) is 5.92 Å². The molecule has 0 bridgehead atoms. The first kappa shape index (κ1) is 20.2. The van der Waals surface area contributed by atoms with Crippen LogP contribution in [0.15, 0.2) is 35.5 Å². The van der Waals surface area contributed by atoms with Gasteiger partial charge in [0.15, 0.2) is 5.11 Å². The molecule has 0 aromatic heterocycles. The van der Waals surface area contributed by atoms with Gasteiger partial charge < -0.3 is 20.3 Å². The zero-order valence-electron chi connectivity index (χ0n) is 16.3. The number of allylic oxidation sites excluding steroid dienone is 1. The molecule has 0 spiro atoms. The van der Waals surface area contributed by atoms with Crippen LogP contribution in [0.4, 0.5) is 5.69 Å². The molecule has 5 nitrogen and oxygen atoms in total. The molecule has 6 heteroatoms. The molecular weight excluding hydrogens is 346 g/mol. The molecule has 142 valence electrons. The molecular formula is C20H29N3O2S. The van der Waals surface area contributed by atoms with E-state index in [1.54, 1.807) is 0 Å². The number of benzene rings is 1. The fourth-order valence-electron chi connectivity index (χ4n) is 2.98. The van der Waals surface area contributed by atoms with E-state index < -0.39 is 0 Å². The molecule has 26 heavy (non-hydrogen) atoms. The molecule has 0 aliphatic carbocycles. The van der Waals surface area contributed by atoms with E-state index in [-0.39, 0.29) is 12.0 Å². The van der Waals surface area contributed by atoms with Crippen LogP contribution in [0.2, 0.25) is 0 Å². The Morgan fingerprint density at radius 3 is 2.38 bits per heavy atom. The lowest BCUT2D eigenvalue weighted by Crippen LogP contribution is -2.45. The topological polar surface area (TPSA) is 53.6 Å². The van der Waals surface area contributed by atoms with Crippen LogP contribution in [0.5, 0.6) is 0 Å². The molecule has 0 unspecified atom stereocenters. The van der Waals surface area contributed by atoms with Gasteiger partial charge in [0.25, 0.3) is 0 Å². The number of thiocarbonyl (C=S) groups is 1. The predicted octanol–water partition coefficient (Wildman–Crippen LogP) is 3.52. The zero-order valence-corrected chi connectivity index (χ0v) is 17.1. The lowest BCUT2D eigenvalue weighted by Gasteiger charge is -2.30. The Hall–Kier alpha value is -2.08. The Labute approximate surface area is 161 Å². The maximum atomic E-state index is 12.8.